The number of nitrogens with two attached hydrogens (primary N) is 1. The van der Waals surface area contributed by atoms with Gasteiger partial charge in [0, 0.05) is 10.5 Å². The Hall–Kier alpha value is -1.32. The normalized spacial score (nSPS) is 13.8. The maximum atomic E-state index is 6.28. The molecule has 2 aromatic carbocycles. The first kappa shape index (κ1) is 16.1. The highest BCUT2D eigenvalue weighted by Gasteiger charge is 2.21. The van der Waals surface area contributed by atoms with Crippen molar-refractivity contribution in [1.82, 2.24) is 0 Å². The molecule has 2 aromatic rings. The van der Waals surface area contributed by atoms with Crippen molar-refractivity contribution in [2.24, 2.45) is 5.73 Å². The van der Waals surface area contributed by atoms with E-state index in [2.05, 4.69) is 61.0 Å². The maximum absolute atomic E-state index is 6.28. The van der Waals surface area contributed by atoms with Crippen LogP contribution in [0.15, 0.2) is 46.9 Å². The zero-order chi connectivity index (χ0) is 15.4. The number of hydrogen-bond donors (Lipinski definition) is 1. The van der Waals surface area contributed by atoms with Crippen LogP contribution in [0.5, 0.6) is 5.75 Å². The summed E-state index contributed by atoms with van der Waals surface area (Å²) in [6.45, 7) is 6.24. The van der Waals surface area contributed by atoms with Gasteiger partial charge in [0.2, 0.25) is 0 Å². The highest BCUT2D eigenvalue weighted by Crippen LogP contribution is 2.29. The second-order valence-electron chi connectivity index (χ2n) is 5.43. The fraction of sp³-hybridized carbons (Fsp3) is 0.333. The van der Waals surface area contributed by atoms with Crippen molar-refractivity contribution in [3.8, 4) is 5.75 Å². The molecule has 0 heterocycles. The average Bonchev–Trinajstić information content (AvgIpc) is 2.47. The maximum Gasteiger partial charge on any atom is 0.139 e. The topological polar surface area (TPSA) is 35.2 Å². The zero-order valence-corrected chi connectivity index (χ0v) is 14.4. The molecule has 3 heteroatoms. The predicted octanol–water partition coefficient (Wildman–Crippen LogP) is 4.92. The first-order chi connectivity index (χ1) is 10.0. The van der Waals surface area contributed by atoms with Gasteiger partial charge in [-0.15, -0.1) is 0 Å². The van der Waals surface area contributed by atoms with Gasteiger partial charge in [-0.2, -0.15) is 0 Å². The number of hydrogen-bond acceptors (Lipinski definition) is 2. The molecule has 0 saturated heterocycles. The molecule has 0 saturated carbocycles. The Bertz CT molecular complexity index is 595. The van der Waals surface area contributed by atoms with Crippen LogP contribution in [-0.4, -0.2) is 6.04 Å². The molecule has 2 unspecified atom stereocenters. The average molecular weight is 348 g/mol. The molecule has 0 aliphatic heterocycles. The van der Waals surface area contributed by atoms with Gasteiger partial charge in [0.1, 0.15) is 11.9 Å². The lowest BCUT2D eigenvalue weighted by molar-refractivity contribution is 0.170. The van der Waals surface area contributed by atoms with E-state index < -0.39 is 0 Å². The van der Waals surface area contributed by atoms with Crippen LogP contribution in [0, 0.1) is 13.8 Å². The lowest BCUT2D eigenvalue weighted by Gasteiger charge is -2.26. The van der Waals surface area contributed by atoms with E-state index in [-0.39, 0.29) is 12.1 Å². The van der Waals surface area contributed by atoms with Crippen molar-refractivity contribution in [2.75, 3.05) is 0 Å². The van der Waals surface area contributed by atoms with E-state index in [0.29, 0.717) is 0 Å². The number of ether oxygens (including phenoxy) is 1. The van der Waals surface area contributed by atoms with Crippen molar-refractivity contribution in [1.29, 1.82) is 0 Å². The summed E-state index contributed by atoms with van der Waals surface area (Å²) in [5.74, 6) is 0.900. The Kier molecular flexibility index (Phi) is 5.43. The molecule has 2 rings (SSSR count). The summed E-state index contributed by atoms with van der Waals surface area (Å²) in [7, 11) is 0. The third-order valence-corrected chi connectivity index (χ3v) is 4.17. The summed E-state index contributed by atoms with van der Waals surface area (Å²) in [6, 6.07) is 14.4. The summed E-state index contributed by atoms with van der Waals surface area (Å²) in [6.07, 6.45) is 0.732. The van der Waals surface area contributed by atoms with Gasteiger partial charge in [-0.25, -0.2) is 0 Å². The Labute approximate surface area is 135 Å². The Balaban J connectivity index is 2.30. The molecule has 0 bridgehead atoms. The van der Waals surface area contributed by atoms with Crippen LogP contribution in [0.25, 0.3) is 0 Å². The molecule has 2 atom stereocenters. The lowest BCUT2D eigenvalue weighted by Crippen LogP contribution is -2.31. The van der Waals surface area contributed by atoms with Crippen molar-refractivity contribution >= 4 is 15.9 Å². The van der Waals surface area contributed by atoms with Gasteiger partial charge in [-0.1, -0.05) is 52.7 Å². The zero-order valence-electron chi connectivity index (χ0n) is 12.8. The summed E-state index contributed by atoms with van der Waals surface area (Å²) in [5, 5.41) is 0. The van der Waals surface area contributed by atoms with E-state index in [4.69, 9.17) is 10.5 Å². The SMILES string of the molecule is CCC(N)C(Oc1ccc(C)cc1C)c1ccc(Br)cc1. The van der Waals surface area contributed by atoms with Crippen LogP contribution in [0.1, 0.15) is 36.1 Å². The van der Waals surface area contributed by atoms with Gasteiger partial charge >= 0.3 is 0 Å². The third-order valence-electron chi connectivity index (χ3n) is 3.64. The van der Waals surface area contributed by atoms with Crippen LogP contribution in [0.2, 0.25) is 0 Å². The smallest absolute Gasteiger partial charge is 0.139 e. The summed E-state index contributed by atoms with van der Waals surface area (Å²) in [4.78, 5) is 0. The second kappa shape index (κ2) is 7.10. The van der Waals surface area contributed by atoms with Crippen molar-refractivity contribution < 1.29 is 4.74 Å². The quantitative estimate of drug-likeness (QED) is 0.832. The second-order valence-corrected chi connectivity index (χ2v) is 6.35. The van der Waals surface area contributed by atoms with Crippen LogP contribution < -0.4 is 10.5 Å². The summed E-state index contributed by atoms with van der Waals surface area (Å²) in [5.41, 5.74) is 9.76. The fourth-order valence-corrected chi connectivity index (χ4v) is 2.60. The van der Waals surface area contributed by atoms with Gasteiger partial charge in [0.15, 0.2) is 0 Å². The first-order valence-electron chi connectivity index (χ1n) is 7.26. The molecule has 0 amide bonds. The molecule has 0 aliphatic carbocycles. The largest absolute Gasteiger partial charge is 0.484 e. The van der Waals surface area contributed by atoms with E-state index in [9.17, 15) is 0 Å². The Morgan fingerprint density at radius 2 is 1.76 bits per heavy atom. The number of benzene rings is 2. The van der Waals surface area contributed by atoms with E-state index in [1.807, 2.05) is 18.2 Å². The molecule has 0 aromatic heterocycles. The molecule has 0 spiro atoms. The van der Waals surface area contributed by atoms with Crippen molar-refractivity contribution in [3.63, 3.8) is 0 Å². The Morgan fingerprint density at radius 1 is 1.10 bits per heavy atom. The first-order valence-corrected chi connectivity index (χ1v) is 8.05. The minimum Gasteiger partial charge on any atom is -0.484 e. The van der Waals surface area contributed by atoms with E-state index >= 15 is 0 Å². The van der Waals surface area contributed by atoms with Crippen LogP contribution in [0.3, 0.4) is 0 Å². The van der Waals surface area contributed by atoms with E-state index in [0.717, 1.165) is 27.8 Å². The fourth-order valence-electron chi connectivity index (χ4n) is 2.34. The lowest BCUT2D eigenvalue weighted by atomic mass is 10.0. The molecule has 21 heavy (non-hydrogen) atoms. The predicted molar refractivity (Wildman–Crippen MR) is 91.7 cm³/mol. The van der Waals surface area contributed by atoms with E-state index in [1.54, 1.807) is 0 Å². The molecule has 2 N–H and O–H groups in total. The van der Waals surface area contributed by atoms with Gasteiger partial charge < -0.3 is 10.5 Å². The van der Waals surface area contributed by atoms with Gasteiger partial charge in [-0.3, -0.25) is 0 Å². The molecule has 2 nitrogen and oxygen atoms in total. The highest BCUT2D eigenvalue weighted by atomic mass is 79.9. The van der Waals surface area contributed by atoms with E-state index in [1.165, 1.54) is 5.56 Å². The highest BCUT2D eigenvalue weighted by molar-refractivity contribution is 9.10. The Morgan fingerprint density at radius 3 is 2.33 bits per heavy atom. The molecule has 0 fully saturated rings. The van der Waals surface area contributed by atoms with Gasteiger partial charge in [-0.05, 0) is 49.6 Å². The monoisotopic (exact) mass is 347 g/mol. The van der Waals surface area contributed by atoms with Crippen LogP contribution in [0.4, 0.5) is 0 Å². The molecule has 0 aliphatic rings. The van der Waals surface area contributed by atoms with Crippen LogP contribution >= 0.6 is 15.9 Å². The van der Waals surface area contributed by atoms with Gasteiger partial charge in [0.25, 0.3) is 0 Å². The minimum absolute atomic E-state index is 0.0353. The number of rotatable bonds is 5. The minimum atomic E-state index is -0.135. The summed E-state index contributed by atoms with van der Waals surface area (Å²) >= 11 is 3.46. The standard InChI is InChI=1S/C18H22BrNO/c1-4-16(20)18(14-6-8-15(19)9-7-14)21-17-10-5-12(2)11-13(17)3/h5-11,16,18H,4,20H2,1-3H3. The number of aryl methyl sites for hydroxylation is 2. The van der Waals surface area contributed by atoms with Crippen molar-refractivity contribution in [2.45, 2.75) is 39.3 Å². The number of halogens is 1. The molecule has 112 valence electrons. The molecular weight excluding hydrogens is 326 g/mol. The summed E-state index contributed by atoms with van der Waals surface area (Å²) < 4.78 is 7.30. The van der Waals surface area contributed by atoms with Gasteiger partial charge in [0.05, 0.1) is 0 Å². The van der Waals surface area contributed by atoms with Crippen LogP contribution in [-0.2, 0) is 0 Å². The molecular formula is C18H22BrNO. The molecule has 0 radical (unpaired) electrons. The van der Waals surface area contributed by atoms with Crippen molar-refractivity contribution in [3.05, 3.63) is 63.6 Å². The third kappa shape index (κ3) is 4.08.